The lowest BCUT2D eigenvalue weighted by molar-refractivity contribution is 0.526. The van der Waals surface area contributed by atoms with Crippen molar-refractivity contribution in [3.05, 3.63) is 59.2 Å². The van der Waals surface area contributed by atoms with E-state index in [2.05, 4.69) is 29.0 Å². The summed E-state index contributed by atoms with van der Waals surface area (Å²) < 4.78 is 0. The Hall–Kier alpha value is -1.74. The number of nitrogens with zero attached hydrogens (tertiary/aromatic N) is 2. The minimum atomic E-state index is -0.0488. The lowest BCUT2D eigenvalue weighted by Crippen LogP contribution is -2.21. The molecule has 0 aliphatic heterocycles. The SMILES string of the molecule is CCc1cccnc1C(N)C1CCc2cccnc21. The first-order chi connectivity index (χ1) is 9.31. The molecule has 2 heterocycles. The van der Waals surface area contributed by atoms with E-state index in [9.17, 15) is 0 Å². The number of rotatable bonds is 3. The summed E-state index contributed by atoms with van der Waals surface area (Å²) >= 11 is 0. The van der Waals surface area contributed by atoms with Gasteiger partial charge in [0.15, 0.2) is 0 Å². The van der Waals surface area contributed by atoms with Crippen LogP contribution in [0.5, 0.6) is 0 Å². The Morgan fingerprint density at radius 1 is 1.26 bits per heavy atom. The largest absolute Gasteiger partial charge is 0.322 e. The highest BCUT2D eigenvalue weighted by atomic mass is 14.8. The minimum absolute atomic E-state index is 0.0488. The lowest BCUT2D eigenvalue weighted by atomic mass is 9.92. The van der Waals surface area contributed by atoms with Gasteiger partial charge in [0.25, 0.3) is 0 Å². The average molecular weight is 253 g/mol. The molecular formula is C16H19N3. The first kappa shape index (κ1) is 12.3. The molecule has 2 aromatic heterocycles. The summed E-state index contributed by atoms with van der Waals surface area (Å²) in [6.07, 6.45) is 6.83. The van der Waals surface area contributed by atoms with Crippen LogP contribution in [0.25, 0.3) is 0 Å². The van der Waals surface area contributed by atoms with E-state index in [-0.39, 0.29) is 6.04 Å². The van der Waals surface area contributed by atoms with Crippen LogP contribution in [0.3, 0.4) is 0 Å². The van der Waals surface area contributed by atoms with Gasteiger partial charge in [0, 0.05) is 24.0 Å². The van der Waals surface area contributed by atoms with Gasteiger partial charge in [0.1, 0.15) is 0 Å². The molecule has 1 aliphatic rings. The summed E-state index contributed by atoms with van der Waals surface area (Å²) in [5, 5.41) is 0. The highest BCUT2D eigenvalue weighted by molar-refractivity contribution is 5.33. The van der Waals surface area contributed by atoms with Crippen molar-refractivity contribution < 1.29 is 0 Å². The Labute approximate surface area is 113 Å². The van der Waals surface area contributed by atoms with E-state index in [1.165, 1.54) is 16.8 Å². The second-order valence-corrected chi connectivity index (χ2v) is 5.12. The van der Waals surface area contributed by atoms with Crippen LogP contribution in [0.15, 0.2) is 36.7 Å². The zero-order valence-corrected chi connectivity index (χ0v) is 11.2. The zero-order valence-electron chi connectivity index (χ0n) is 11.2. The highest BCUT2D eigenvalue weighted by Crippen LogP contribution is 2.39. The van der Waals surface area contributed by atoms with Crippen molar-refractivity contribution in [2.45, 2.75) is 38.1 Å². The Bertz CT molecular complexity index is 580. The number of pyridine rings is 2. The maximum absolute atomic E-state index is 6.49. The zero-order chi connectivity index (χ0) is 13.2. The van der Waals surface area contributed by atoms with Crippen molar-refractivity contribution in [3.63, 3.8) is 0 Å². The summed E-state index contributed by atoms with van der Waals surface area (Å²) in [4.78, 5) is 9.05. The van der Waals surface area contributed by atoms with E-state index in [4.69, 9.17) is 5.73 Å². The first-order valence-corrected chi connectivity index (χ1v) is 6.94. The van der Waals surface area contributed by atoms with Gasteiger partial charge in [0.2, 0.25) is 0 Å². The maximum Gasteiger partial charge on any atom is 0.0609 e. The molecule has 19 heavy (non-hydrogen) atoms. The van der Waals surface area contributed by atoms with Crippen LogP contribution in [0.4, 0.5) is 0 Å². The Balaban J connectivity index is 1.95. The number of hydrogen-bond donors (Lipinski definition) is 1. The first-order valence-electron chi connectivity index (χ1n) is 6.94. The molecule has 0 radical (unpaired) electrons. The van der Waals surface area contributed by atoms with Gasteiger partial charge in [-0.25, -0.2) is 0 Å². The van der Waals surface area contributed by atoms with Crippen LogP contribution in [0.1, 0.15) is 47.8 Å². The van der Waals surface area contributed by atoms with Crippen molar-refractivity contribution in [1.82, 2.24) is 9.97 Å². The minimum Gasteiger partial charge on any atom is -0.322 e. The van der Waals surface area contributed by atoms with Gasteiger partial charge in [-0.05, 0) is 42.5 Å². The molecule has 1 aliphatic carbocycles. The predicted octanol–water partition coefficient (Wildman–Crippen LogP) is 2.77. The van der Waals surface area contributed by atoms with Crippen LogP contribution in [-0.2, 0) is 12.8 Å². The van der Waals surface area contributed by atoms with E-state index in [0.717, 1.165) is 25.0 Å². The number of aryl methyl sites for hydroxylation is 2. The van der Waals surface area contributed by atoms with E-state index in [0.29, 0.717) is 5.92 Å². The lowest BCUT2D eigenvalue weighted by Gasteiger charge is -2.21. The van der Waals surface area contributed by atoms with Crippen LogP contribution in [-0.4, -0.2) is 9.97 Å². The molecule has 0 aromatic carbocycles. The summed E-state index contributed by atoms with van der Waals surface area (Å²) in [7, 11) is 0. The third-order valence-electron chi connectivity index (χ3n) is 4.06. The van der Waals surface area contributed by atoms with Crippen LogP contribution >= 0.6 is 0 Å². The molecule has 2 aromatic rings. The molecule has 0 bridgehead atoms. The molecule has 2 N–H and O–H groups in total. The van der Waals surface area contributed by atoms with Crippen LogP contribution < -0.4 is 5.73 Å². The fraction of sp³-hybridized carbons (Fsp3) is 0.375. The average Bonchev–Trinajstić information content (AvgIpc) is 2.90. The number of fused-ring (bicyclic) bond motifs is 1. The van der Waals surface area contributed by atoms with Gasteiger partial charge in [-0.15, -0.1) is 0 Å². The summed E-state index contributed by atoms with van der Waals surface area (Å²) in [5.41, 5.74) is 11.3. The smallest absolute Gasteiger partial charge is 0.0609 e. The molecule has 0 fully saturated rings. The van der Waals surface area contributed by atoms with Gasteiger partial charge in [-0.3, -0.25) is 9.97 Å². The van der Waals surface area contributed by atoms with Crippen molar-refractivity contribution in [2.75, 3.05) is 0 Å². The molecule has 0 saturated carbocycles. The van der Waals surface area contributed by atoms with Crippen molar-refractivity contribution in [1.29, 1.82) is 0 Å². The van der Waals surface area contributed by atoms with Crippen molar-refractivity contribution >= 4 is 0 Å². The second kappa shape index (κ2) is 5.10. The molecule has 98 valence electrons. The molecule has 2 atom stereocenters. The predicted molar refractivity (Wildman–Crippen MR) is 75.8 cm³/mol. The van der Waals surface area contributed by atoms with E-state index in [1.807, 2.05) is 24.5 Å². The maximum atomic E-state index is 6.49. The second-order valence-electron chi connectivity index (χ2n) is 5.12. The normalized spacial score (nSPS) is 19.2. The quantitative estimate of drug-likeness (QED) is 0.915. The summed E-state index contributed by atoms with van der Waals surface area (Å²) in [5.74, 6) is 0.302. The van der Waals surface area contributed by atoms with Crippen molar-refractivity contribution in [2.24, 2.45) is 5.73 Å². The summed E-state index contributed by atoms with van der Waals surface area (Å²) in [6, 6.07) is 8.22. The third-order valence-corrected chi connectivity index (χ3v) is 4.06. The van der Waals surface area contributed by atoms with E-state index in [1.54, 1.807) is 0 Å². The fourth-order valence-electron chi connectivity index (χ4n) is 3.03. The Morgan fingerprint density at radius 3 is 2.89 bits per heavy atom. The van der Waals surface area contributed by atoms with Crippen LogP contribution in [0.2, 0.25) is 0 Å². The molecular weight excluding hydrogens is 234 g/mol. The molecule has 3 heteroatoms. The fourth-order valence-corrected chi connectivity index (χ4v) is 3.03. The number of hydrogen-bond acceptors (Lipinski definition) is 3. The molecule has 2 unspecified atom stereocenters. The molecule has 3 nitrogen and oxygen atoms in total. The molecule has 0 amide bonds. The van der Waals surface area contributed by atoms with E-state index < -0.39 is 0 Å². The highest BCUT2D eigenvalue weighted by Gasteiger charge is 2.31. The van der Waals surface area contributed by atoms with Gasteiger partial charge < -0.3 is 5.73 Å². The monoisotopic (exact) mass is 253 g/mol. The van der Waals surface area contributed by atoms with Crippen molar-refractivity contribution in [3.8, 4) is 0 Å². The number of aromatic nitrogens is 2. The van der Waals surface area contributed by atoms with Crippen LogP contribution in [0, 0.1) is 0 Å². The number of nitrogens with two attached hydrogens (primary N) is 1. The third kappa shape index (κ3) is 2.15. The standard InChI is InChI=1S/C16H19N3/c1-2-11-5-3-10-19-16(11)14(17)13-8-7-12-6-4-9-18-15(12)13/h3-6,9-10,13-14H,2,7-8,17H2,1H3. The van der Waals surface area contributed by atoms with Gasteiger partial charge in [-0.2, -0.15) is 0 Å². The topological polar surface area (TPSA) is 51.8 Å². The molecule has 0 spiro atoms. The molecule has 0 saturated heterocycles. The van der Waals surface area contributed by atoms with E-state index >= 15 is 0 Å². The Kier molecular flexibility index (Phi) is 3.30. The molecule has 3 rings (SSSR count). The van der Waals surface area contributed by atoms with Gasteiger partial charge in [-0.1, -0.05) is 19.1 Å². The summed E-state index contributed by atoms with van der Waals surface area (Å²) in [6.45, 7) is 2.15. The Morgan fingerprint density at radius 2 is 2.05 bits per heavy atom. The van der Waals surface area contributed by atoms with Gasteiger partial charge in [0.05, 0.1) is 11.7 Å². The van der Waals surface area contributed by atoms with Gasteiger partial charge >= 0.3 is 0 Å².